The molecule has 0 atom stereocenters. The minimum Gasteiger partial charge on any atom is -0.497 e. The molecule has 3 aromatic rings. The zero-order chi connectivity index (χ0) is 17.8. The summed E-state index contributed by atoms with van der Waals surface area (Å²) < 4.78 is 15.7. The van der Waals surface area contributed by atoms with E-state index in [1.807, 2.05) is 24.3 Å². The average Bonchev–Trinajstić information content (AvgIpc) is 2.66. The van der Waals surface area contributed by atoms with E-state index in [-0.39, 0.29) is 5.91 Å². The SMILES string of the molecule is COc1ccc(OC)c(NC(=O)c2ccc3cc(OC)ccc3n2)c1. The van der Waals surface area contributed by atoms with Crippen molar-refractivity contribution in [1.29, 1.82) is 0 Å². The van der Waals surface area contributed by atoms with E-state index in [0.717, 1.165) is 11.1 Å². The molecule has 0 bridgehead atoms. The first kappa shape index (κ1) is 16.6. The number of pyridine rings is 1. The summed E-state index contributed by atoms with van der Waals surface area (Å²) in [6.07, 6.45) is 0. The summed E-state index contributed by atoms with van der Waals surface area (Å²) in [5, 5.41) is 3.71. The minimum atomic E-state index is -0.329. The summed E-state index contributed by atoms with van der Waals surface area (Å²) in [5.41, 5.74) is 1.54. The lowest BCUT2D eigenvalue weighted by Gasteiger charge is -2.12. The number of hydrogen-bond donors (Lipinski definition) is 1. The van der Waals surface area contributed by atoms with E-state index in [9.17, 15) is 4.79 Å². The fraction of sp³-hybridized carbons (Fsp3) is 0.158. The van der Waals surface area contributed by atoms with Crippen LogP contribution in [0.4, 0.5) is 5.69 Å². The molecule has 0 saturated carbocycles. The molecule has 1 heterocycles. The Kier molecular flexibility index (Phi) is 4.70. The zero-order valence-electron chi connectivity index (χ0n) is 14.2. The standard InChI is InChI=1S/C19H18N2O4/c1-23-13-5-8-15-12(10-13)4-7-16(20-15)19(22)21-17-11-14(24-2)6-9-18(17)25-3/h4-11H,1-3H3,(H,21,22). The van der Waals surface area contributed by atoms with Gasteiger partial charge in [0.2, 0.25) is 0 Å². The normalized spacial score (nSPS) is 10.4. The molecule has 1 N–H and O–H groups in total. The highest BCUT2D eigenvalue weighted by Crippen LogP contribution is 2.29. The van der Waals surface area contributed by atoms with Crippen molar-refractivity contribution in [2.75, 3.05) is 26.6 Å². The van der Waals surface area contributed by atoms with Gasteiger partial charge in [-0.25, -0.2) is 4.98 Å². The van der Waals surface area contributed by atoms with Crippen LogP contribution in [0.1, 0.15) is 10.5 Å². The first-order chi connectivity index (χ1) is 12.1. The Morgan fingerprint density at radius 2 is 1.60 bits per heavy atom. The number of aromatic nitrogens is 1. The van der Waals surface area contributed by atoms with Crippen LogP contribution >= 0.6 is 0 Å². The van der Waals surface area contributed by atoms with Gasteiger partial charge >= 0.3 is 0 Å². The molecule has 0 saturated heterocycles. The summed E-state index contributed by atoms with van der Waals surface area (Å²) in [5.74, 6) is 1.58. The quantitative estimate of drug-likeness (QED) is 0.771. The Bertz CT molecular complexity index is 924. The number of anilines is 1. The van der Waals surface area contributed by atoms with E-state index in [4.69, 9.17) is 14.2 Å². The number of carbonyl (C=O) groups is 1. The molecule has 6 heteroatoms. The molecule has 0 aliphatic rings. The first-order valence-electron chi connectivity index (χ1n) is 7.63. The van der Waals surface area contributed by atoms with Gasteiger partial charge in [0.25, 0.3) is 5.91 Å². The van der Waals surface area contributed by atoms with Crippen molar-refractivity contribution in [1.82, 2.24) is 4.98 Å². The Balaban J connectivity index is 1.89. The number of fused-ring (bicyclic) bond motifs is 1. The topological polar surface area (TPSA) is 69.7 Å². The highest BCUT2D eigenvalue weighted by molar-refractivity contribution is 6.05. The first-order valence-corrected chi connectivity index (χ1v) is 7.63. The number of carbonyl (C=O) groups excluding carboxylic acids is 1. The third-order valence-corrected chi connectivity index (χ3v) is 3.78. The number of rotatable bonds is 5. The average molecular weight is 338 g/mol. The molecule has 0 fully saturated rings. The van der Waals surface area contributed by atoms with Gasteiger partial charge in [-0.15, -0.1) is 0 Å². The van der Waals surface area contributed by atoms with Crippen LogP contribution in [-0.2, 0) is 0 Å². The molecule has 0 aliphatic carbocycles. The van der Waals surface area contributed by atoms with Crippen molar-refractivity contribution in [3.05, 3.63) is 54.2 Å². The fourth-order valence-electron chi connectivity index (χ4n) is 2.46. The molecule has 1 amide bonds. The lowest BCUT2D eigenvalue weighted by molar-refractivity contribution is 0.102. The van der Waals surface area contributed by atoms with Gasteiger partial charge in [-0.05, 0) is 36.4 Å². The van der Waals surface area contributed by atoms with Gasteiger partial charge in [0.1, 0.15) is 22.9 Å². The van der Waals surface area contributed by atoms with Crippen LogP contribution < -0.4 is 19.5 Å². The number of nitrogens with one attached hydrogen (secondary N) is 1. The molecule has 0 unspecified atom stereocenters. The molecule has 6 nitrogen and oxygen atoms in total. The van der Waals surface area contributed by atoms with Gasteiger partial charge in [-0.3, -0.25) is 4.79 Å². The van der Waals surface area contributed by atoms with Crippen LogP contribution in [0.2, 0.25) is 0 Å². The van der Waals surface area contributed by atoms with E-state index >= 15 is 0 Å². The van der Waals surface area contributed by atoms with E-state index in [1.54, 1.807) is 45.6 Å². The van der Waals surface area contributed by atoms with E-state index in [2.05, 4.69) is 10.3 Å². The summed E-state index contributed by atoms with van der Waals surface area (Å²) in [6, 6.07) is 14.2. The van der Waals surface area contributed by atoms with Crippen LogP contribution in [0.5, 0.6) is 17.2 Å². The predicted octanol–water partition coefficient (Wildman–Crippen LogP) is 3.51. The van der Waals surface area contributed by atoms with Crippen LogP contribution in [0.15, 0.2) is 48.5 Å². The summed E-state index contributed by atoms with van der Waals surface area (Å²) in [4.78, 5) is 17.0. The number of nitrogens with zero attached hydrogens (tertiary/aromatic N) is 1. The minimum absolute atomic E-state index is 0.308. The van der Waals surface area contributed by atoms with Crippen LogP contribution in [0, 0.1) is 0 Å². The van der Waals surface area contributed by atoms with Gasteiger partial charge in [-0.2, -0.15) is 0 Å². The third kappa shape index (κ3) is 3.47. The van der Waals surface area contributed by atoms with Crippen molar-refractivity contribution < 1.29 is 19.0 Å². The molecule has 1 aromatic heterocycles. The maximum absolute atomic E-state index is 12.6. The fourth-order valence-corrected chi connectivity index (χ4v) is 2.46. The maximum Gasteiger partial charge on any atom is 0.274 e. The molecular weight excluding hydrogens is 320 g/mol. The molecule has 0 aliphatic heterocycles. The summed E-state index contributed by atoms with van der Waals surface area (Å²) >= 11 is 0. The Morgan fingerprint density at radius 3 is 2.32 bits per heavy atom. The van der Waals surface area contributed by atoms with Gasteiger partial charge in [0.15, 0.2) is 0 Å². The third-order valence-electron chi connectivity index (χ3n) is 3.78. The smallest absolute Gasteiger partial charge is 0.274 e. The lowest BCUT2D eigenvalue weighted by Crippen LogP contribution is -2.14. The van der Waals surface area contributed by atoms with Crippen molar-refractivity contribution in [2.45, 2.75) is 0 Å². The van der Waals surface area contributed by atoms with Crippen molar-refractivity contribution in [3.8, 4) is 17.2 Å². The number of hydrogen-bond acceptors (Lipinski definition) is 5. The van der Waals surface area contributed by atoms with Crippen LogP contribution in [0.3, 0.4) is 0 Å². The van der Waals surface area contributed by atoms with Gasteiger partial charge in [-0.1, -0.05) is 6.07 Å². The van der Waals surface area contributed by atoms with Gasteiger partial charge in [0, 0.05) is 11.5 Å². The van der Waals surface area contributed by atoms with E-state index in [1.165, 1.54) is 0 Å². The second-order valence-electron chi connectivity index (χ2n) is 5.28. The molecule has 128 valence electrons. The largest absolute Gasteiger partial charge is 0.497 e. The highest BCUT2D eigenvalue weighted by atomic mass is 16.5. The van der Waals surface area contributed by atoms with Crippen molar-refractivity contribution in [3.63, 3.8) is 0 Å². The van der Waals surface area contributed by atoms with Crippen molar-refractivity contribution >= 4 is 22.5 Å². The predicted molar refractivity (Wildman–Crippen MR) is 95.8 cm³/mol. The molecular formula is C19H18N2O4. The molecule has 0 spiro atoms. The highest BCUT2D eigenvalue weighted by Gasteiger charge is 2.13. The Morgan fingerprint density at radius 1 is 0.880 bits per heavy atom. The second kappa shape index (κ2) is 7.09. The number of ether oxygens (including phenoxy) is 3. The second-order valence-corrected chi connectivity index (χ2v) is 5.28. The van der Waals surface area contributed by atoms with E-state index < -0.39 is 0 Å². The van der Waals surface area contributed by atoms with Crippen molar-refractivity contribution in [2.24, 2.45) is 0 Å². The van der Waals surface area contributed by atoms with Gasteiger partial charge < -0.3 is 19.5 Å². The Labute approximate surface area is 145 Å². The number of methoxy groups -OCH3 is 3. The van der Waals surface area contributed by atoms with E-state index in [0.29, 0.717) is 28.4 Å². The maximum atomic E-state index is 12.6. The molecule has 3 rings (SSSR count). The Hall–Kier alpha value is -3.28. The summed E-state index contributed by atoms with van der Waals surface area (Å²) in [6.45, 7) is 0. The van der Waals surface area contributed by atoms with Crippen LogP contribution in [-0.4, -0.2) is 32.2 Å². The van der Waals surface area contributed by atoms with Gasteiger partial charge in [0.05, 0.1) is 32.5 Å². The monoisotopic (exact) mass is 338 g/mol. The molecule has 0 radical (unpaired) electrons. The molecule has 25 heavy (non-hydrogen) atoms. The number of benzene rings is 2. The lowest BCUT2D eigenvalue weighted by atomic mass is 10.2. The zero-order valence-corrected chi connectivity index (χ0v) is 14.2. The summed E-state index contributed by atoms with van der Waals surface area (Å²) in [7, 11) is 4.71. The molecule has 2 aromatic carbocycles. The number of amides is 1. The van der Waals surface area contributed by atoms with Crippen LogP contribution in [0.25, 0.3) is 10.9 Å².